The number of aliphatic hydroxyl groups excluding tert-OH is 1. The van der Waals surface area contributed by atoms with Gasteiger partial charge in [0, 0.05) is 13.2 Å². The van der Waals surface area contributed by atoms with Crippen LogP contribution >= 0.6 is 0 Å². The van der Waals surface area contributed by atoms with E-state index in [0.29, 0.717) is 12.5 Å². The van der Waals surface area contributed by atoms with Crippen LogP contribution in [0.15, 0.2) is 0 Å². The van der Waals surface area contributed by atoms with Crippen molar-refractivity contribution in [2.45, 2.75) is 20.3 Å². The smallest absolute Gasteiger partial charge is 0.0520 e. The number of rotatable bonds is 1. The molecule has 1 aliphatic rings. The second kappa shape index (κ2) is 2.89. The highest BCUT2D eigenvalue weighted by atomic mass is 16.5. The summed E-state index contributed by atoms with van der Waals surface area (Å²) in [6, 6.07) is 0. The molecule has 1 saturated heterocycles. The minimum absolute atomic E-state index is 0.174. The maximum absolute atomic E-state index is 8.97. The fourth-order valence-corrected chi connectivity index (χ4v) is 1.41. The molecular formula is C8H16O2. The molecule has 0 spiro atoms. The van der Waals surface area contributed by atoms with Crippen LogP contribution in [0.1, 0.15) is 20.3 Å². The van der Waals surface area contributed by atoms with E-state index < -0.39 is 0 Å². The zero-order valence-electron chi connectivity index (χ0n) is 6.76. The van der Waals surface area contributed by atoms with Gasteiger partial charge in [0.2, 0.25) is 0 Å². The van der Waals surface area contributed by atoms with E-state index in [1.165, 1.54) is 0 Å². The molecular weight excluding hydrogens is 128 g/mol. The van der Waals surface area contributed by atoms with E-state index in [9.17, 15) is 0 Å². The standard InChI is InChI=1S/C8H16O2/c1-8(2)6-10-4-3-7(8)5-9/h7,9H,3-6H2,1-2H3. The molecule has 1 heterocycles. The summed E-state index contributed by atoms with van der Waals surface area (Å²) in [7, 11) is 0. The number of hydrogen-bond acceptors (Lipinski definition) is 2. The normalized spacial score (nSPS) is 32.1. The van der Waals surface area contributed by atoms with Gasteiger partial charge in [0.25, 0.3) is 0 Å². The van der Waals surface area contributed by atoms with Gasteiger partial charge >= 0.3 is 0 Å². The molecule has 0 radical (unpaired) electrons. The third kappa shape index (κ3) is 1.50. The maximum Gasteiger partial charge on any atom is 0.0520 e. The van der Waals surface area contributed by atoms with Crippen molar-refractivity contribution in [3.05, 3.63) is 0 Å². The van der Waals surface area contributed by atoms with Gasteiger partial charge in [-0.25, -0.2) is 0 Å². The molecule has 0 aliphatic carbocycles. The van der Waals surface area contributed by atoms with Crippen molar-refractivity contribution in [2.75, 3.05) is 19.8 Å². The SMILES string of the molecule is CC1(C)COCCC1CO. The van der Waals surface area contributed by atoms with E-state index in [4.69, 9.17) is 9.84 Å². The van der Waals surface area contributed by atoms with Gasteiger partial charge in [-0.2, -0.15) is 0 Å². The molecule has 2 heteroatoms. The highest BCUT2D eigenvalue weighted by Crippen LogP contribution is 2.32. The molecule has 1 unspecified atom stereocenters. The molecule has 10 heavy (non-hydrogen) atoms. The van der Waals surface area contributed by atoms with Crippen molar-refractivity contribution in [3.8, 4) is 0 Å². The van der Waals surface area contributed by atoms with Gasteiger partial charge in [-0.15, -0.1) is 0 Å². The Morgan fingerprint density at radius 2 is 2.30 bits per heavy atom. The largest absolute Gasteiger partial charge is 0.396 e. The van der Waals surface area contributed by atoms with Crippen molar-refractivity contribution in [1.29, 1.82) is 0 Å². The average molecular weight is 144 g/mol. The monoisotopic (exact) mass is 144 g/mol. The van der Waals surface area contributed by atoms with Gasteiger partial charge in [-0.1, -0.05) is 13.8 Å². The van der Waals surface area contributed by atoms with E-state index in [1.54, 1.807) is 0 Å². The van der Waals surface area contributed by atoms with Crippen molar-refractivity contribution < 1.29 is 9.84 Å². The van der Waals surface area contributed by atoms with E-state index in [2.05, 4.69) is 13.8 Å². The summed E-state index contributed by atoms with van der Waals surface area (Å²) in [4.78, 5) is 0. The first kappa shape index (κ1) is 8.02. The van der Waals surface area contributed by atoms with Crippen LogP contribution in [0.3, 0.4) is 0 Å². The topological polar surface area (TPSA) is 29.5 Å². The first-order valence-electron chi connectivity index (χ1n) is 3.85. The Balaban J connectivity index is 2.51. The lowest BCUT2D eigenvalue weighted by Crippen LogP contribution is -2.37. The lowest BCUT2D eigenvalue weighted by molar-refractivity contribution is -0.0492. The second-order valence-corrected chi connectivity index (χ2v) is 3.71. The Morgan fingerprint density at radius 1 is 1.60 bits per heavy atom. The van der Waals surface area contributed by atoms with Crippen molar-refractivity contribution in [1.82, 2.24) is 0 Å². The molecule has 1 atom stereocenters. The Morgan fingerprint density at radius 3 is 2.70 bits per heavy atom. The zero-order valence-corrected chi connectivity index (χ0v) is 6.76. The third-order valence-electron chi connectivity index (χ3n) is 2.41. The van der Waals surface area contributed by atoms with E-state index in [1.807, 2.05) is 0 Å². The number of hydrogen-bond donors (Lipinski definition) is 1. The number of ether oxygens (including phenoxy) is 1. The van der Waals surface area contributed by atoms with Gasteiger partial charge in [-0.05, 0) is 17.8 Å². The van der Waals surface area contributed by atoms with E-state index in [-0.39, 0.29) is 5.41 Å². The summed E-state index contributed by atoms with van der Waals surface area (Å²) in [5.41, 5.74) is 0.174. The summed E-state index contributed by atoms with van der Waals surface area (Å²) < 4.78 is 5.31. The summed E-state index contributed by atoms with van der Waals surface area (Å²) in [6.07, 6.45) is 1.00. The predicted octanol–water partition coefficient (Wildman–Crippen LogP) is 1.04. The van der Waals surface area contributed by atoms with Crippen LogP contribution in [-0.4, -0.2) is 24.9 Å². The summed E-state index contributed by atoms with van der Waals surface area (Å²) in [6.45, 7) is 6.20. The lowest BCUT2D eigenvalue weighted by Gasteiger charge is -2.37. The second-order valence-electron chi connectivity index (χ2n) is 3.71. The van der Waals surface area contributed by atoms with E-state index in [0.717, 1.165) is 19.6 Å². The summed E-state index contributed by atoms with van der Waals surface area (Å²) in [5, 5.41) is 8.97. The van der Waals surface area contributed by atoms with Crippen LogP contribution in [0.25, 0.3) is 0 Å². The van der Waals surface area contributed by atoms with Crippen LogP contribution in [0, 0.1) is 11.3 Å². The minimum atomic E-state index is 0.174. The van der Waals surface area contributed by atoms with Crippen LogP contribution in [0.5, 0.6) is 0 Å². The summed E-state index contributed by atoms with van der Waals surface area (Å²) >= 11 is 0. The minimum Gasteiger partial charge on any atom is -0.396 e. The molecule has 0 bridgehead atoms. The molecule has 1 aliphatic heterocycles. The van der Waals surface area contributed by atoms with Crippen LogP contribution < -0.4 is 0 Å². The first-order chi connectivity index (χ1) is 4.67. The molecule has 2 nitrogen and oxygen atoms in total. The fourth-order valence-electron chi connectivity index (χ4n) is 1.41. The molecule has 0 amide bonds. The van der Waals surface area contributed by atoms with Gasteiger partial charge in [0.05, 0.1) is 6.61 Å². The van der Waals surface area contributed by atoms with Crippen LogP contribution in [0.2, 0.25) is 0 Å². The molecule has 0 aromatic rings. The lowest BCUT2D eigenvalue weighted by atomic mass is 9.77. The highest BCUT2D eigenvalue weighted by Gasteiger charge is 2.32. The Labute approximate surface area is 62.2 Å². The molecule has 0 saturated carbocycles. The molecule has 1 fully saturated rings. The molecule has 0 aromatic carbocycles. The van der Waals surface area contributed by atoms with Gasteiger partial charge in [0.1, 0.15) is 0 Å². The van der Waals surface area contributed by atoms with Crippen LogP contribution in [-0.2, 0) is 4.74 Å². The third-order valence-corrected chi connectivity index (χ3v) is 2.41. The molecule has 1 rings (SSSR count). The summed E-state index contributed by atoms with van der Waals surface area (Å²) in [5.74, 6) is 0.432. The quantitative estimate of drug-likeness (QED) is 0.596. The maximum atomic E-state index is 8.97. The highest BCUT2D eigenvalue weighted by molar-refractivity contribution is 4.80. The fraction of sp³-hybridized carbons (Fsp3) is 1.00. The predicted molar refractivity (Wildman–Crippen MR) is 39.8 cm³/mol. The molecule has 0 aromatic heterocycles. The Bertz CT molecular complexity index is 110. The average Bonchev–Trinajstić information content (AvgIpc) is 1.87. The molecule has 60 valence electrons. The Hall–Kier alpha value is -0.0800. The van der Waals surface area contributed by atoms with Gasteiger partial charge in [0.15, 0.2) is 0 Å². The van der Waals surface area contributed by atoms with Crippen molar-refractivity contribution >= 4 is 0 Å². The number of aliphatic hydroxyl groups is 1. The molecule has 1 N–H and O–H groups in total. The van der Waals surface area contributed by atoms with Crippen LogP contribution in [0.4, 0.5) is 0 Å². The van der Waals surface area contributed by atoms with Gasteiger partial charge < -0.3 is 9.84 Å². The van der Waals surface area contributed by atoms with Crippen molar-refractivity contribution in [3.63, 3.8) is 0 Å². The van der Waals surface area contributed by atoms with Crippen molar-refractivity contribution in [2.24, 2.45) is 11.3 Å². The van der Waals surface area contributed by atoms with E-state index >= 15 is 0 Å². The first-order valence-corrected chi connectivity index (χ1v) is 3.85. The Kier molecular flexibility index (Phi) is 2.32. The zero-order chi connectivity index (χ0) is 7.61. The van der Waals surface area contributed by atoms with Gasteiger partial charge in [-0.3, -0.25) is 0 Å².